The van der Waals surface area contributed by atoms with Crippen LogP contribution in [-0.2, 0) is 9.47 Å². The maximum atomic E-state index is 12.2. The van der Waals surface area contributed by atoms with Gasteiger partial charge in [-0.3, -0.25) is 10.2 Å². The van der Waals surface area contributed by atoms with Crippen LogP contribution in [0.2, 0.25) is 0 Å². The minimum absolute atomic E-state index is 0.0383. The monoisotopic (exact) mass is 387 g/mol. The van der Waals surface area contributed by atoms with Gasteiger partial charge in [-0.05, 0) is 63.4 Å². The van der Waals surface area contributed by atoms with Gasteiger partial charge >= 0.3 is 6.09 Å². The van der Waals surface area contributed by atoms with Crippen LogP contribution in [0.4, 0.5) is 16.2 Å². The fourth-order valence-electron chi connectivity index (χ4n) is 4.91. The van der Waals surface area contributed by atoms with E-state index in [2.05, 4.69) is 35.0 Å². The fraction of sp³-hybridized carbons (Fsp3) is 0.682. The molecule has 3 saturated heterocycles. The molecule has 0 radical (unpaired) electrons. The Hall–Kier alpha value is -1.79. The Bertz CT molecular complexity index is 690. The van der Waals surface area contributed by atoms with Crippen molar-refractivity contribution in [1.29, 1.82) is 0 Å². The minimum Gasteiger partial charge on any atom is -0.446 e. The Kier molecular flexibility index (Phi) is 6.07. The highest BCUT2D eigenvalue weighted by Gasteiger charge is 2.33. The summed E-state index contributed by atoms with van der Waals surface area (Å²) in [6, 6.07) is 7.56. The summed E-state index contributed by atoms with van der Waals surface area (Å²) in [4.78, 5) is 17.4. The van der Waals surface area contributed by atoms with Gasteiger partial charge < -0.3 is 14.4 Å². The van der Waals surface area contributed by atoms with E-state index in [9.17, 15) is 4.79 Å². The Morgan fingerprint density at radius 2 is 2.00 bits per heavy atom. The van der Waals surface area contributed by atoms with Crippen LogP contribution in [0.5, 0.6) is 0 Å². The molecule has 0 aliphatic carbocycles. The molecule has 0 spiro atoms. The first-order valence-corrected chi connectivity index (χ1v) is 10.8. The third-order valence-electron chi connectivity index (χ3n) is 6.46. The van der Waals surface area contributed by atoms with Crippen LogP contribution in [0.15, 0.2) is 18.2 Å². The standard InChI is InChI=1S/C22H33N3O3/c1-16-14-18(23-22(26)28-20-8-12-27-13-9-20)5-6-21(16)24-11-7-19(15-24)25-10-3-4-17(25)2/h5-6,14,17,19-20H,3-4,7-13,15H2,1-2H3,(H,23,26). The number of benzene rings is 1. The normalized spacial score (nSPS) is 26.6. The highest BCUT2D eigenvalue weighted by molar-refractivity contribution is 5.85. The number of hydrogen-bond acceptors (Lipinski definition) is 5. The van der Waals surface area contributed by atoms with E-state index in [1.165, 1.54) is 37.1 Å². The van der Waals surface area contributed by atoms with E-state index >= 15 is 0 Å². The predicted molar refractivity (Wildman–Crippen MR) is 111 cm³/mol. The molecule has 0 saturated carbocycles. The van der Waals surface area contributed by atoms with Gasteiger partial charge in [0.2, 0.25) is 0 Å². The molecule has 1 aromatic rings. The molecular formula is C22H33N3O3. The van der Waals surface area contributed by atoms with Gasteiger partial charge in [0.25, 0.3) is 0 Å². The van der Waals surface area contributed by atoms with Crippen molar-refractivity contribution in [3.8, 4) is 0 Å². The van der Waals surface area contributed by atoms with Crippen molar-refractivity contribution < 1.29 is 14.3 Å². The Morgan fingerprint density at radius 1 is 1.18 bits per heavy atom. The molecular weight excluding hydrogens is 354 g/mol. The number of amides is 1. The van der Waals surface area contributed by atoms with Crippen molar-refractivity contribution >= 4 is 17.5 Å². The molecule has 2 atom stereocenters. The predicted octanol–water partition coefficient (Wildman–Crippen LogP) is 3.79. The van der Waals surface area contributed by atoms with Gasteiger partial charge in [0.15, 0.2) is 0 Å². The molecule has 6 nitrogen and oxygen atoms in total. The first kappa shape index (κ1) is 19.5. The molecule has 1 aromatic carbocycles. The molecule has 3 heterocycles. The molecule has 0 aromatic heterocycles. The van der Waals surface area contributed by atoms with Crippen molar-refractivity contribution in [2.75, 3.05) is 43.1 Å². The zero-order valence-corrected chi connectivity index (χ0v) is 17.2. The summed E-state index contributed by atoms with van der Waals surface area (Å²) in [7, 11) is 0. The van der Waals surface area contributed by atoms with Gasteiger partial charge in [0, 0.05) is 49.4 Å². The second-order valence-electron chi connectivity index (χ2n) is 8.46. The number of carbonyl (C=O) groups excluding carboxylic acids is 1. The van der Waals surface area contributed by atoms with Crippen molar-refractivity contribution in [2.24, 2.45) is 0 Å². The quantitative estimate of drug-likeness (QED) is 0.852. The van der Waals surface area contributed by atoms with Gasteiger partial charge in [-0.2, -0.15) is 0 Å². The van der Waals surface area contributed by atoms with Gasteiger partial charge in [-0.15, -0.1) is 0 Å². The van der Waals surface area contributed by atoms with Crippen LogP contribution in [0.25, 0.3) is 0 Å². The van der Waals surface area contributed by atoms with Crippen LogP contribution >= 0.6 is 0 Å². The van der Waals surface area contributed by atoms with Gasteiger partial charge in [-0.25, -0.2) is 4.79 Å². The third kappa shape index (κ3) is 4.44. The summed E-state index contributed by atoms with van der Waals surface area (Å²) in [6.07, 6.45) is 5.04. The van der Waals surface area contributed by atoms with Crippen LogP contribution < -0.4 is 10.2 Å². The lowest BCUT2D eigenvalue weighted by Crippen LogP contribution is -2.39. The summed E-state index contributed by atoms with van der Waals surface area (Å²) in [6.45, 7) is 9.27. The smallest absolute Gasteiger partial charge is 0.411 e. The molecule has 28 heavy (non-hydrogen) atoms. The molecule has 0 bridgehead atoms. The Labute approximate surface area is 168 Å². The molecule has 6 heteroatoms. The third-order valence-corrected chi connectivity index (χ3v) is 6.46. The fourth-order valence-corrected chi connectivity index (χ4v) is 4.91. The summed E-state index contributed by atoms with van der Waals surface area (Å²) < 4.78 is 10.8. The summed E-state index contributed by atoms with van der Waals surface area (Å²) in [5.74, 6) is 0. The number of rotatable bonds is 4. The van der Waals surface area contributed by atoms with E-state index < -0.39 is 0 Å². The number of aryl methyl sites for hydroxylation is 1. The lowest BCUT2D eigenvalue weighted by atomic mass is 10.1. The number of nitrogens with one attached hydrogen (secondary N) is 1. The average molecular weight is 388 g/mol. The number of hydrogen-bond donors (Lipinski definition) is 1. The maximum absolute atomic E-state index is 12.2. The van der Waals surface area contributed by atoms with Crippen LogP contribution in [0.1, 0.15) is 44.6 Å². The van der Waals surface area contributed by atoms with Gasteiger partial charge in [-0.1, -0.05) is 0 Å². The molecule has 3 aliphatic heterocycles. The highest BCUT2D eigenvalue weighted by Crippen LogP contribution is 2.31. The second kappa shape index (κ2) is 8.70. The number of likely N-dealkylation sites (tertiary alicyclic amines) is 1. The summed E-state index contributed by atoms with van der Waals surface area (Å²) in [5.41, 5.74) is 3.26. The average Bonchev–Trinajstić information content (AvgIpc) is 3.31. The Balaban J connectivity index is 1.33. The van der Waals surface area contributed by atoms with E-state index in [-0.39, 0.29) is 12.2 Å². The maximum Gasteiger partial charge on any atom is 0.411 e. The molecule has 154 valence electrons. The summed E-state index contributed by atoms with van der Waals surface area (Å²) in [5, 5.41) is 2.88. The first-order chi connectivity index (χ1) is 13.6. The van der Waals surface area contributed by atoms with Gasteiger partial charge in [0.1, 0.15) is 6.10 Å². The van der Waals surface area contributed by atoms with Crippen LogP contribution in [-0.4, -0.2) is 62.0 Å². The van der Waals surface area contributed by atoms with Crippen molar-refractivity contribution in [3.63, 3.8) is 0 Å². The Morgan fingerprint density at radius 3 is 2.71 bits per heavy atom. The zero-order valence-electron chi connectivity index (χ0n) is 17.2. The number of nitrogens with zero attached hydrogens (tertiary/aromatic N) is 2. The van der Waals surface area contributed by atoms with Crippen molar-refractivity contribution in [3.05, 3.63) is 23.8 Å². The lowest BCUT2D eigenvalue weighted by molar-refractivity contribution is 0.00592. The number of carbonyl (C=O) groups is 1. The number of ether oxygens (including phenoxy) is 2. The van der Waals surface area contributed by atoms with E-state index in [0.29, 0.717) is 19.3 Å². The second-order valence-corrected chi connectivity index (χ2v) is 8.46. The lowest BCUT2D eigenvalue weighted by Gasteiger charge is -2.29. The molecule has 1 amide bonds. The van der Waals surface area contributed by atoms with Crippen molar-refractivity contribution in [1.82, 2.24) is 4.90 Å². The zero-order chi connectivity index (χ0) is 19.5. The minimum atomic E-state index is -0.372. The molecule has 1 N–H and O–H groups in total. The van der Waals surface area contributed by atoms with Crippen molar-refractivity contribution in [2.45, 2.75) is 64.1 Å². The molecule has 2 unspecified atom stereocenters. The molecule has 3 fully saturated rings. The largest absolute Gasteiger partial charge is 0.446 e. The number of anilines is 2. The first-order valence-electron chi connectivity index (χ1n) is 10.8. The van der Waals surface area contributed by atoms with Crippen LogP contribution in [0, 0.1) is 6.92 Å². The molecule has 3 aliphatic rings. The summed E-state index contributed by atoms with van der Waals surface area (Å²) >= 11 is 0. The van der Waals surface area contributed by atoms with E-state index in [1.54, 1.807) is 0 Å². The highest BCUT2D eigenvalue weighted by atomic mass is 16.6. The van der Waals surface area contributed by atoms with E-state index in [4.69, 9.17) is 9.47 Å². The van der Waals surface area contributed by atoms with E-state index in [1.807, 2.05) is 12.1 Å². The topological polar surface area (TPSA) is 54.0 Å². The SMILES string of the molecule is Cc1cc(NC(=O)OC2CCOCC2)ccc1N1CCC(N2CCCC2C)C1. The van der Waals surface area contributed by atoms with Gasteiger partial charge in [0.05, 0.1) is 13.2 Å². The van der Waals surface area contributed by atoms with Crippen LogP contribution in [0.3, 0.4) is 0 Å². The van der Waals surface area contributed by atoms with E-state index in [0.717, 1.165) is 37.7 Å². The molecule has 4 rings (SSSR count).